The van der Waals surface area contributed by atoms with Crippen molar-refractivity contribution in [2.75, 3.05) is 6.61 Å². The number of hydrogen-bond donors (Lipinski definition) is 1. The first-order valence-electron chi connectivity index (χ1n) is 4.81. The van der Waals surface area contributed by atoms with Gasteiger partial charge in [-0.2, -0.15) is 0 Å². The average molecular weight is 770 g/mol. The Hall–Kier alpha value is 3.47. The van der Waals surface area contributed by atoms with E-state index in [0.29, 0.717) is 0 Å². The molecule has 0 saturated heterocycles. The summed E-state index contributed by atoms with van der Waals surface area (Å²) in [5.74, 6) is 0. The SMILES string of the molecule is C=CCO.O=[PH]([O-])O[PH](=O)[O-].O=[PH]([O-])O[PH](=O)[O-].O=[PH]([O-])O[PH](=O)[O-].[Ce+3].[Ce+3]. The Morgan fingerprint density at radius 3 is 0.741 bits per heavy atom. The van der Waals surface area contributed by atoms with E-state index in [1.165, 1.54) is 6.08 Å². The molecular formula is C3H12Ce2O16P6. The van der Waals surface area contributed by atoms with E-state index in [2.05, 4.69) is 19.5 Å². The Balaban J connectivity index is -0.0000000541. The normalized spacial score (nSPS) is 15.4. The third kappa shape index (κ3) is 82.0. The van der Waals surface area contributed by atoms with Crippen LogP contribution in [-0.2, 0) is 40.3 Å². The van der Waals surface area contributed by atoms with Crippen molar-refractivity contribution in [3.63, 3.8) is 0 Å². The molecule has 1 N–H and O–H groups in total. The first-order chi connectivity index (χ1) is 11.3. The van der Waals surface area contributed by atoms with Crippen LogP contribution in [-0.4, -0.2) is 11.7 Å². The second-order valence-electron chi connectivity index (χ2n) is 2.28. The van der Waals surface area contributed by atoms with Gasteiger partial charge in [0.05, 0.1) is 6.61 Å². The van der Waals surface area contributed by atoms with Crippen molar-refractivity contribution in [1.29, 1.82) is 0 Å². The van der Waals surface area contributed by atoms with Gasteiger partial charge in [-0.3, -0.25) is 12.9 Å². The molecule has 16 nitrogen and oxygen atoms in total. The molecule has 0 aromatic rings. The van der Waals surface area contributed by atoms with Crippen LogP contribution in [0.25, 0.3) is 0 Å². The van der Waals surface area contributed by atoms with E-state index < -0.39 is 49.5 Å². The van der Waals surface area contributed by atoms with Gasteiger partial charge in [0.1, 0.15) is 49.5 Å². The standard InChI is InChI=1S/C3H6O.2Ce.3H4O5P2/c1-2-3-4;;;3*1-6(2)5-7(3)4/h2,4H,1,3H2;;;3*6-7H,(H,1,2)(H,3,4)/q;2*+3;;;/p-6. The minimum Gasteiger partial charge on any atom is -0.781 e. The molecule has 0 fully saturated rings. The van der Waals surface area contributed by atoms with Crippen molar-refractivity contribution < 1.29 is 158 Å². The van der Waals surface area contributed by atoms with Gasteiger partial charge in [-0.1, -0.05) is 6.08 Å². The minimum absolute atomic E-state index is 0. The largest absolute Gasteiger partial charge is 3.00 e. The van der Waals surface area contributed by atoms with Crippen LogP contribution in [0.1, 0.15) is 0 Å². The first kappa shape index (κ1) is 44.2. The molecule has 27 heavy (non-hydrogen) atoms. The quantitative estimate of drug-likeness (QED) is 0.189. The number of aliphatic hydroxyl groups is 1. The second-order valence-corrected chi connectivity index (χ2v) is 7.73. The minimum atomic E-state index is -3.51. The van der Waals surface area contributed by atoms with Crippen LogP contribution in [0.4, 0.5) is 0 Å². The summed E-state index contributed by atoms with van der Waals surface area (Å²) >= 11 is 0. The smallest absolute Gasteiger partial charge is 0.781 e. The molecule has 0 amide bonds. The van der Waals surface area contributed by atoms with E-state index in [9.17, 15) is 56.8 Å². The zero-order valence-electron chi connectivity index (χ0n) is 12.6. The summed E-state index contributed by atoms with van der Waals surface area (Å²) in [5, 5.41) is 7.76. The van der Waals surface area contributed by atoms with Crippen LogP contribution in [0.3, 0.4) is 0 Å². The summed E-state index contributed by atoms with van der Waals surface area (Å²) in [4.78, 5) is 55.7. The number of rotatable bonds is 7. The fourth-order valence-corrected chi connectivity index (χ4v) is 1.84. The summed E-state index contributed by atoms with van der Waals surface area (Å²) < 4.78 is 65.4. The fourth-order valence-electron chi connectivity index (χ4n) is 0.204. The van der Waals surface area contributed by atoms with E-state index in [1.807, 2.05) is 0 Å². The van der Waals surface area contributed by atoms with Gasteiger partial charge in [-0.15, -0.1) is 6.58 Å². The van der Waals surface area contributed by atoms with Crippen molar-refractivity contribution in [2.24, 2.45) is 0 Å². The molecule has 0 bridgehead atoms. The average Bonchev–Trinajstić information content (AvgIpc) is 2.35. The summed E-state index contributed by atoms with van der Waals surface area (Å²) in [6.07, 6.45) is 1.43. The van der Waals surface area contributed by atoms with Crippen LogP contribution in [0, 0.1) is 83.5 Å². The maximum atomic E-state index is 9.29. The zero-order valence-corrected chi connectivity index (χ0v) is 24.8. The van der Waals surface area contributed by atoms with E-state index >= 15 is 0 Å². The molecule has 0 rings (SSSR count). The topological polar surface area (TPSA) is 289 Å². The Morgan fingerprint density at radius 1 is 0.630 bits per heavy atom. The first-order valence-corrected chi connectivity index (χ1v) is 12.2. The summed E-state index contributed by atoms with van der Waals surface area (Å²) in [7, 11) is -21.1. The van der Waals surface area contributed by atoms with Gasteiger partial charge in [0, 0.05) is 0 Å². The Bertz CT molecular complexity index is 385. The molecule has 6 atom stereocenters. The van der Waals surface area contributed by atoms with E-state index in [4.69, 9.17) is 5.11 Å². The van der Waals surface area contributed by atoms with Crippen LogP contribution in [0.5, 0.6) is 0 Å². The molecular weight excluding hydrogens is 758 g/mol. The molecule has 0 aromatic carbocycles. The van der Waals surface area contributed by atoms with Crippen molar-refractivity contribution in [3.05, 3.63) is 12.7 Å². The Labute approximate surface area is 224 Å². The molecule has 0 aromatic heterocycles. The maximum absolute atomic E-state index is 9.29. The third-order valence-corrected chi connectivity index (χ3v) is 4.63. The van der Waals surface area contributed by atoms with Crippen molar-refractivity contribution in [3.8, 4) is 0 Å². The van der Waals surface area contributed by atoms with Gasteiger partial charge in [0.25, 0.3) is 0 Å². The summed E-state index contributed by atoms with van der Waals surface area (Å²) in [5.41, 5.74) is 0. The molecule has 0 saturated carbocycles. The second kappa shape index (κ2) is 34.1. The van der Waals surface area contributed by atoms with Crippen molar-refractivity contribution in [2.45, 2.75) is 0 Å². The molecule has 0 spiro atoms. The summed E-state index contributed by atoms with van der Waals surface area (Å²) in [6, 6.07) is 0. The van der Waals surface area contributed by atoms with E-state index in [0.717, 1.165) is 0 Å². The van der Waals surface area contributed by atoms with Crippen molar-refractivity contribution in [1.82, 2.24) is 0 Å². The molecule has 0 aliphatic carbocycles. The summed E-state index contributed by atoms with van der Waals surface area (Å²) in [6.45, 7) is 3.31. The van der Waals surface area contributed by atoms with Crippen molar-refractivity contribution >= 4 is 49.5 Å². The third-order valence-electron chi connectivity index (χ3n) is 0.629. The maximum Gasteiger partial charge on any atom is 3.00 e. The van der Waals surface area contributed by atoms with Gasteiger partial charge in [0.15, 0.2) is 0 Å². The van der Waals surface area contributed by atoms with Gasteiger partial charge in [-0.05, 0) is 0 Å². The van der Waals surface area contributed by atoms with E-state index in [1.54, 1.807) is 0 Å². The molecule has 6 unspecified atom stereocenters. The van der Waals surface area contributed by atoms with Gasteiger partial charge in [0.2, 0.25) is 0 Å². The number of hydrogen-bond acceptors (Lipinski definition) is 16. The van der Waals surface area contributed by atoms with Gasteiger partial charge >= 0.3 is 83.5 Å². The number of aliphatic hydroxyl groups excluding tert-OH is 1. The molecule has 0 heterocycles. The van der Waals surface area contributed by atoms with Crippen LogP contribution in [0.15, 0.2) is 12.7 Å². The van der Waals surface area contributed by atoms with Crippen LogP contribution < -0.4 is 29.4 Å². The van der Waals surface area contributed by atoms with Gasteiger partial charge < -0.3 is 61.9 Å². The van der Waals surface area contributed by atoms with Gasteiger partial charge in [-0.25, -0.2) is 0 Å². The fraction of sp³-hybridized carbons (Fsp3) is 0.333. The zero-order chi connectivity index (χ0) is 21.0. The van der Waals surface area contributed by atoms with Crippen LogP contribution in [0.2, 0.25) is 0 Å². The van der Waals surface area contributed by atoms with Crippen LogP contribution >= 0.6 is 49.5 Å². The molecule has 0 aliphatic heterocycles. The molecule has 158 valence electrons. The predicted octanol–water partition coefficient (Wildman–Crippen LogP) is -4.33. The molecule has 24 heteroatoms. The Kier molecular flexibility index (Phi) is 55.8. The van der Waals surface area contributed by atoms with E-state index in [-0.39, 0.29) is 90.1 Å². The molecule has 2 radical (unpaired) electrons. The monoisotopic (exact) mass is 770 g/mol. The Morgan fingerprint density at radius 2 is 0.741 bits per heavy atom. The molecule has 0 aliphatic rings. The predicted molar refractivity (Wildman–Crippen MR) is 74.5 cm³/mol.